The predicted molar refractivity (Wildman–Crippen MR) is 116 cm³/mol. The summed E-state index contributed by atoms with van der Waals surface area (Å²) in [5.74, 6) is -7.44. The molecule has 2 aliphatic rings. The number of nitrogens with zero attached hydrogens (tertiary/aromatic N) is 4. The number of hydrogen-bond acceptors (Lipinski definition) is 6. The van der Waals surface area contributed by atoms with Crippen LogP contribution in [0.3, 0.4) is 0 Å². The second-order valence-corrected chi connectivity index (χ2v) is 9.43. The second kappa shape index (κ2) is 9.62. The molecule has 2 aromatic rings. The van der Waals surface area contributed by atoms with E-state index in [2.05, 4.69) is 25.0 Å². The molecular formula is C22H20ClF6N5O3. The highest BCUT2D eigenvalue weighted by Gasteiger charge is 2.58. The molecule has 2 bridgehead atoms. The predicted octanol–water partition coefficient (Wildman–Crippen LogP) is 4.10. The maximum absolute atomic E-state index is 14.2. The Kier molecular flexibility index (Phi) is 6.99. The molecule has 1 N–H and O–H groups in total. The van der Waals surface area contributed by atoms with Gasteiger partial charge in [-0.05, 0) is 31.7 Å². The molecule has 0 saturated heterocycles. The largest absolute Gasteiger partial charge is 0.574 e. The fraction of sp³-hybridized carbons (Fsp3) is 0.500. The number of halogens is 7. The highest BCUT2D eigenvalue weighted by Crippen LogP contribution is 2.53. The van der Waals surface area contributed by atoms with Gasteiger partial charge in [0.2, 0.25) is 5.88 Å². The number of anilines is 1. The van der Waals surface area contributed by atoms with Gasteiger partial charge in [-0.15, -0.1) is 13.2 Å². The van der Waals surface area contributed by atoms with Gasteiger partial charge >= 0.3 is 6.36 Å². The number of nitrogens with one attached hydrogen (secondary N) is 1. The van der Waals surface area contributed by atoms with E-state index < -0.39 is 65.4 Å². The van der Waals surface area contributed by atoms with Crippen molar-refractivity contribution < 1.29 is 40.7 Å². The van der Waals surface area contributed by atoms with Crippen LogP contribution in [0.2, 0.25) is 0 Å². The first-order valence-corrected chi connectivity index (χ1v) is 11.4. The summed E-state index contributed by atoms with van der Waals surface area (Å²) in [4.78, 5) is 38.5. The Hall–Kier alpha value is -3.16. The van der Waals surface area contributed by atoms with Gasteiger partial charge in [0.05, 0.1) is 11.9 Å². The van der Waals surface area contributed by atoms with Crippen LogP contribution in [0.25, 0.3) is 0 Å². The third-order valence-electron chi connectivity index (χ3n) is 6.76. The van der Waals surface area contributed by atoms with Crippen molar-refractivity contribution in [3.8, 4) is 5.88 Å². The average Bonchev–Trinajstić information content (AvgIpc) is 3.35. The number of amides is 2. The Morgan fingerprint density at radius 2 is 1.86 bits per heavy atom. The van der Waals surface area contributed by atoms with Gasteiger partial charge in [-0.1, -0.05) is 11.6 Å². The van der Waals surface area contributed by atoms with Crippen molar-refractivity contribution in [2.75, 3.05) is 4.90 Å². The molecule has 0 spiro atoms. The highest BCUT2D eigenvalue weighted by molar-refractivity contribution is 6.32. The maximum Gasteiger partial charge on any atom is 0.574 e. The lowest BCUT2D eigenvalue weighted by atomic mass is 9.87. The zero-order valence-corrected chi connectivity index (χ0v) is 19.8. The third kappa shape index (κ3) is 5.29. The number of hydrogen-bond donors (Lipinski definition) is 1. The molecule has 37 heavy (non-hydrogen) atoms. The summed E-state index contributed by atoms with van der Waals surface area (Å²) in [6, 6.07) is 1.08. The standard InChI is InChI=1S/C22H20ClF6N5O3/c1-20(13-7-30-10-31-8-13,19(36)33-15-5-12-4-11(15)6-21(12,25)26)34(18(35)17(23)24)14-2-3-16(32-9-14)37-22(27,28)29/h2-3,7-12,15,17H,4-6H2,1H3,(H,33,36)/t11?,12?,15-,17-,20-/m0/s1. The molecule has 2 heterocycles. The minimum atomic E-state index is -5.04. The Balaban J connectivity index is 1.73. The summed E-state index contributed by atoms with van der Waals surface area (Å²) in [5, 5.41) is 2.69. The van der Waals surface area contributed by atoms with Crippen LogP contribution in [-0.4, -0.2) is 50.7 Å². The molecule has 5 atom stereocenters. The summed E-state index contributed by atoms with van der Waals surface area (Å²) < 4.78 is 83.6. The zero-order chi connectivity index (χ0) is 27.2. The fourth-order valence-electron chi connectivity index (χ4n) is 5.00. The van der Waals surface area contributed by atoms with Crippen LogP contribution in [0, 0.1) is 11.8 Å². The number of fused-ring (bicyclic) bond motifs is 2. The fourth-order valence-corrected chi connectivity index (χ4v) is 5.09. The van der Waals surface area contributed by atoms with Crippen LogP contribution in [0.15, 0.2) is 37.1 Å². The molecule has 2 aromatic heterocycles. The first-order chi connectivity index (χ1) is 17.2. The van der Waals surface area contributed by atoms with Crippen molar-refractivity contribution in [2.24, 2.45) is 11.8 Å². The lowest BCUT2D eigenvalue weighted by Crippen LogP contribution is -2.60. The Morgan fingerprint density at radius 3 is 2.35 bits per heavy atom. The van der Waals surface area contributed by atoms with Crippen molar-refractivity contribution >= 4 is 29.1 Å². The molecule has 8 nitrogen and oxygen atoms in total. The topological polar surface area (TPSA) is 97.3 Å². The van der Waals surface area contributed by atoms with Crippen molar-refractivity contribution in [3.05, 3.63) is 42.6 Å². The molecule has 15 heteroatoms. The van der Waals surface area contributed by atoms with Crippen LogP contribution in [0.4, 0.5) is 32.0 Å². The van der Waals surface area contributed by atoms with Crippen molar-refractivity contribution in [1.29, 1.82) is 0 Å². The highest BCUT2D eigenvalue weighted by atomic mass is 35.5. The van der Waals surface area contributed by atoms with Crippen molar-refractivity contribution in [3.63, 3.8) is 0 Å². The summed E-state index contributed by atoms with van der Waals surface area (Å²) >= 11 is 5.44. The maximum atomic E-state index is 14.2. The summed E-state index contributed by atoms with van der Waals surface area (Å²) in [6.45, 7) is 1.22. The molecule has 2 saturated carbocycles. The number of aromatic nitrogens is 3. The van der Waals surface area contributed by atoms with E-state index in [1.807, 2.05) is 0 Å². The monoisotopic (exact) mass is 551 g/mol. The van der Waals surface area contributed by atoms with Gasteiger partial charge in [0.1, 0.15) is 6.33 Å². The van der Waals surface area contributed by atoms with Gasteiger partial charge in [-0.25, -0.2) is 28.1 Å². The van der Waals surface area contributed by atoms with Gasteiger partial charge < -0.3 is 10.1 Å². The average molecular weight is 552 g/mol. The SMILES string of the molecule is C[C@@](C(=O)N[C@H]1CC2CC1CC2(F)F)(c1cncnc1)N(C(=O)[C@H](F)Cl)c1ccc(OC(F)(F)F)nc1. The smallest absolute Gasteiger partial charge is 0.388 e. The minimum Gasteiger partial charge on any atom is -0.388 e. The van der Waals surface area contributed by atoms with Gasteiger partial charge in [0.25, 0.3) is 23.4 Å². The molecule has 2 fully saturated rings. The van der Waals surface area contributed by atoms with Crippen LogP contribution in [-0.2, 0) is 15.1 Å². The number of carbonyl (C=O) groups is 2. The first-order valence-electron chi connectivity index (χ1n) is 11.0. The van der Waals surface area contributed by atoms with E-state index in [0.29, 0.717) is 4.90 Å². The van der Waals surface area contributed by atoms with E-state index in [4.69, 9.17) is 11.6 Å². The Morgan fingerprint density at radius 1 is 1.19 bits per heavy atom. The molecule has 2 aliphatic carbocycles. The molecule has 0 radical (unpaired) electrons. The van der Waals surface area contributed by atoms with E-state index in [-0.39, 0.29) is 24.1 Å². The Labute approximate surface area is 211 Å². The molecule has 200 valence electrons. The van der Waals surface area contributed by atoms with Crippen LogP contribution in [0.5, 0.6) is 5.88 Å². The van der Waals surface area contributed by atoms with E-state index in [1.165, 1.54) is 19.3 Å². The third-order valence-corrected chi connectivity index (χ3v) is 6.95. The Bertz CT molecular complexity index is 1150. The molecular weight excluding hydrogens is 532 g/mol. The van der Waals surface area contributed by atoms with Crippen LogP contribution < -0.4 is 15.0 Å². The van der Waals surface area contributed by atoms with E-state index in [0.717, 1.165) is 24.7 Å². The molecule has 2 amide bonds. The van der Waals surface area contributed by atoms with Crippen molar-refractivity contribution in [1.82, 2.24) is 20.3 Å². The number of rotatable bonds is 7. The summed E-state index contributed by atoms with van der Waals surface area (Å²) in [6.07, 6.45) is -0.972. The molecule has 4 rings (SSSR count). The summed E-state index contributed by atoms with van der Waals surface area (Å²) in [7, 11) is 0. The van der Waals surface area contributed by atoms with E-state index in [9.17, 15) is 35.9 Å². The normalized spacial score (nSPS) is 24.7. The summed E-state index contributed by atoms with van der Waals surface area (Å²) in [5.41, 5.74) is -5.09. The minimum absolute atomic E-state index is 0.00496. The number of alkyl halides is 7. The van der Waals surface area contributed by atoms with Gasteiger partial charge in [-0.2, -0.15) is 0 Å². The van der Waals surface area contributed by atoms with Gasteiger partial charge in [0, 0.05) is 42.4 Å². The first kappa shape index (κ1) is 26.9. The number of carbonyl (C=O) groups excluding carboxylic acids is 2. The zero-order valence-electron chi connectivity index (χ0n) is 19.1. The van der Waals surface area contributed by atoms with E-state index in [1.54, 1.807) is 0 Å². The van der Waals surface area contributed by atoms with Crippen LogP contribution >= 0.6 is 11.6 Å². The lowest BCUT2D eigenvalue weighted by molar-refractivity contribution is -0.276. The van der Waals surface area contributed by atoms with E-state index >= 15 is 0 Å². The van der Waals surface area contributed by atoms with Crippen LogP contribution in [0.1, 0.15) is 31.7 Å². The molecule has 2 unspecified atom stereocenters. The molecule has 0 aliphatic heterocycles. The lowest BCUT2D eigenvalue weighted by Gasteiger charge is -2.41. The van der Waals surface area contributed by atoms with Gasteiger partial charge in [-0.3, -0.25) is 14.5 Å². The second-order valence-electron chi connectivity index (χ2n) is 9.05. The van der Waals surface area contributed by atoms with Crippen molar-refractivity contribution in [2.45, 2.75) is 55.7 Å². The number of pyridine rings is 1. The van der Waals surface area contributed by atoms with Gasteiger partial charge in [0.15, 0.2) is 5.54 Å². The number of ether oxygens (including phenoxy) is 1. The molecule has 0 aromatic carbocycles. The quantitative estimate of drug-likeness (QED) is 0.411.